The zero-order chi connectivity index (χ0) is 15.8. The zero-order valence-electron chi connectivity index (χ0n) is 10.1. The van der Waals surface area contributed by atoms with Crippen molar-refractivity contribution < 1.29 is 18.0 Å². The first-order chi connectivity index (χ1) is 9.70. The van der Waals surface area contributed by atoms with E-state index in [2.05, 4.69) is 0 Å². The predicted octanol–water partition coefficient (Wildman–Crippen LogP) is 3.86. The van der Waals surface area contributed by atoms with Crippen LogP contribution >= 0.6 is 23.2 Å². The van der Waals surface area contributed by atoms with E-state index in [0.717, 1.165) is 0 Å². The number of hydrogen-bond acceptors (Lipinski definition) is 2. The molecule has 0 N–H and O–H groups in total. The van der Waals surface area contributed by atoms with Crippen LogP contribution in [0.25, 0.3) is 0 Å². The van der Waals surface area contributed by atoms with Crippen LogP contribution in [0.15, 0.2) is 41.3 Å². The number of hydrogen-bond donors (Lipinski definition) is 0. The number of carbonyl (C=O) groups is 1. The minimum atomic E-state index is -4.67. The molecule has 0 bridgehead atoms. The molecule has 110 valence electrons. The second kappa shape index (κ2) is 5.54. The largest absolute Gasteiger partial charge is 0.417 e. The number of halogens is 5. The van der Waals surface area contributed by atoms with Crippen LogP contribution in [0.4, 0.5) is 13.2 Å². The van der Waals surface area contributed by atoms with Gasteiger partial charge in [-0.1, -0.05) is 23.2 Å². The number of benzene rings is 1. The van der Waals surface area contributed by atoms with E-state index in [1.165, 1.54) is 18.2 Å². The molecule has 0 atom stereocenters. The lowest BCUT2D eigenvalue weighted by atomic mass is 10.2. The Morgan fingerprint density at radius 2 is 1.76 bits per heavy atom. The van der Waals surface area contributed by atoms with Gasteiger partial charge in [0.25, 0.3) is 11.5 Å². The van der Waals surface area contributed by atoms with E-state index in [0.29, 0.717) is 22.9 Å². The van der Waals surface area contributed by atoms with Gasteiger partial charge in [-0.05, 0) is 24.3 Å². The van der Waals surface area contributed by atoms with Gasteiger partial charge < -0.3 is 0 Å². The molecule has 0 saturated heterocycles. The number of rotatable bonds is 1. The normalized spacial score (nSPS) is 11.5. The van der Waals surface area contributed by atoms with Crippen LogP contribution in [0.2, 0.25) is 10.0 Å². The molecular weight excluding hydrogens is 330 g/mol. The third kappa shape index (κ3) is 3.28. The van der Waals surface area contributed by atoms with Crippen molar-refractivity contribution in [3.63, 3.8) is 0 Å². The number of alkyl halides is 3. The summed E-state index contributed by atoms with van der Waals surface area (Å²) in [6, 6.07) is 5.12. The van der Waals surface area contributed by atoms with Gasteiger partial charge in [0, 0.05) is 17.3 Å². The van der Waals surface area contributed by atoms with Crippen LogP contribution in [0, 0.1) is 0 Å². The minimum absolute atomic E-state index is 0.0585. The Morgan fingerprint density at radius 1 is 1.10 bits per heavy atom. The Kier molecular flexibility index (Phi) is 4.11. The Labute approximate surface area is 126 Å². The summed E-state index contributed by atoms with van der Waals surface area (Å²) in [5.41, 5.74) is -2.12. The molecule has 1 aromatic carbocycles. The fraction of sp³-hybridized carbons (Fsp3) is 0.0769. The molecule has 0 aliphatic rings. The average molecular weight is 336 g/mol. The van der Waals surface area contributed by atoms with Gasteiger partial charge in [0.1, 0.15) is 0 Å². The van der Waals surface area contributed by atoms with Crippen molar-refractivity contribution in [2.75, 3.05) is 0 Å². The quantitative estimate of drug-likeness (QED) is 0.793. The smallest absolute Gasteiger partial charge is 0.269 e. The first-order valence-corrected chi connectivity index (χ1v) is 6.25. The van der Waals surface area contributed by atoms with Crippen LogP contribution in [-0.4, -0.2) is 10.5 Å². The summed E-state index contributed by atoms with van der Waals surface area (Å²) in [5, 5.41) is 0.199. The summed E-state index contributed by atoms with van der Waals surface area (Å²) in [4.78, 5) is 23.7. The summed E-state index contributed by atoms with van der Waals surface area (Å²) >= 11 is 11.5. The molecule has 2 rings (SSSR count). The molecule has 8 heteroatoms. The summed E-state index contributed by atoms with van der Waals surface area (Å²) in [7, 11) is 0. The van der Waals surface area contributed by atoms with E-state index in [1.807, 2.05) is 0 Å². The van der Waals surface area contributed by atoms with E-state index in [-0.39, 0.29) is 15.6 Å². The summed E-state index contributed by atoms with van der Waals surface area (Å²) < 4.78 is 38.2. The molecule has 2 aromatic rings. The third-order valence-electron chi connectivity index (χ3n) is 2.62. The monoisotopic (exact) mass is 335 g/mol. The van der Waals surface area contributed by atoms with Crippen molar-refractivity contribution in [3.05, 3.63) is 68.1 Å². The molecule has 0 radical (unpaired) electrons. The van der Waals surface area contributed by atoms with Gasteiger partial charge in [-0.3, -0.25) is 9.59 Å². The fourth-order valence-electron chi connectivity index (χ4n) is 1.61. The van der Waals surface area contributed by atoms with Crippen molar-refractivity contribution in [2.45, 2.75) is 6.18 Å². The van der Waals surface area contributed by atoms with E-state index in [9.17, 15) is 22.8 Å². The van der Waals surface area contributed by atoms with Crippen molar-refractivity contribution in [1.29, 1.82) is 0 Å². The lowest BCUT2D eigenvalue weighted by Crippen LogP contribution is -2.28. The molecule has 0 spiro atoms. The second-order valence-corrected chi connectivity index (χ2v) is 4.90. The molecule has 0 aliphatic heterocycles. The van der Waals surface area contributed by atoms with Crippen LogP contribution in [0.3, 0.4) is 0 Å². The fourth-order valence-corrected chi connectivity index (χ4v) is 2.10. The van der Waals surface area contributed by atoms with Gasteiger partial charge in [-0.2, -0.15) is 13.2 Å². The van der Waals surface area contributed by atoms with Crippen LogP contribution in [-0.2, 0) is 6.18 Å². The third-order valence-corrected chi connectivity index (χ3v) is 3.17. The lowest BCUT2D eigenvalue weighted by Gasteiger charge is -2.10. The highest BCUT2D eigenvalue weighted by Gasteiger charge is 2.31. The maximum absolute atomic E-state index is 12.6. The Hall–Kier alpha value is -1.79. The lowest BCUT2D eigenvalue weighted by molar-refractivity contribution is -0.137. The molecule has 3 nitrogen and oxygen atoms in total. The number of aromatic nitrogens is 1. The van der Waals surface area contributed by atoms with Crippen molar-refractivity contribution in [3.8, 4) is 0 Å². The number of pyridine rings is 1. The Morgan fingerprint density at radius 3 is 2.33 bits per heavy atom. The molecular formula is C13H6Cl2F3NO2. The molecule has 21 heavy (non-hydrogen) atoms. The maximum atomic E-state index is 12.6. The predicted molar refractivity (Wildman–Crippen MR) is 71.9 cm³/mol. The maximum Gasteiger partial charge on any atom is 0.417 e. The molecule has 0 amide bonds. The van der Waals surface area contributed by atoms with Crippen LogP contribution in [0.1, 0.15) is 15.9 Å². The summed E-state index contributed by atoms with van der Waals surface area (Å²) in [6.07, 6.45) is -4.23. The van der Waals surface area contributed by atoms with Crippen LogP contribution in [0.5, 0.6) is 0 Å². The van der Waals surface area contributed by atoms with Gasteiger partial charge in [-0.15, -0.1) is 0 Å². The summed E-state index contributed by atoms with van der Waals surface area (Å²) in [6.45, 7) is 0. The van der Waals surface area contributed by atoms with Gasteiger partial charge in [-0.25, -0.2) is 4.57 Å². The molecule has 1 aromatic heterocycles. The number of nitrogens with zero attached hydrogens (tertiary/aromatic N) is 1. The Balaban J connectivity index is 2.55. The van der Waals surface area contributed by atoms with Gasteiger partial charge in [0.05, 0.1) is 16.1 Å². The standard InChI is InChI=1S/C13H6Cl2F3NO2/c14-8-2-3-9(10(15)5-8)12(21)19-6-7(13(16,17)18)1-4-11(19)20/h1-6H. The molecule has 1 heterocycles. The summed E-state index contributed by atoms with van der Waals surface area (Å²) in [5.74, 6) is -0.965. The molecule has 0 saturated carbocycles. The topological polar surface area (TPSA) is 39.1 Å². The van der Waals surface area contributed by atoms with E-state index in [4.69, 9.17) is 23.2 Å². The van der Waals surface area contributed by atoms with E-state index < -0.39 is 23.2 Å². The van der Waals surface area contributed by atoms with Crippen molar-refractivity contribution in [2.24, 2.45) is 0 Å². The van der Waals surface area contributed by atoms with Gasteiger partial charge in [0.2, 0.25) is 0 Å². The van der Waals surface area contributed by atoms with E-state index >= 15 is 0 Å². The van der Waals surface area contributed by atoms with Gasteiger partial charge in [0.15, 0.2) is 0 Å². The average Bonchev–Trinajstić information content (AvgIpc) is 2.37. The molecule has 0 unspecified atom stereocenters. The highest BCUT2D eigenvalue weighted by atomic mass is 35.5. The number of carbonyl (C=O) groups excluding carboxylic acids is 1. The second-order valence-electron chi connectivity index (χ2n) is 4.05. The van der Waals surface area contributed by atoms with Crippen molar-refractivity contribution in [1.82, 2.24) is 4.57 Å². The SMILES string of the molecule is O=C(c1ccc(Cl)cc1Cl)n1cc(C(F)(F)F)ccc1=O. The van der Waals surface area contributed by atoms with E-state index in [1.54, 1.807) is 0 Å². The zero-order valence-corrected chi connectivity index (χ0v) is 11.6. The highest BCUT2D eigenvalue weighted by molar-refractivity contribution is 6.36. The first kappa shape index (κ1) is 15.6. The Bertz CT molecular complexity index is 769. The molecule has 0 aliphatic carbocycles. The minimum Gasteiger partial charge on any atom is -0.269 e. The highest BCUT2D eigenvalue weighted by Crippen LogP contribution is 2.28. The molecule has 0 fully saturated rings. The van der Waals surface area contributed by atoms with Crippen molar-refractivity contribution >= 4 is 29.1 Å². The van der Waals surface area contributed by atoms with Gasteiger partial charge >= 0.3 is 6.18 Å². The first-order valence-electron chi connectivity index (χ1n) is 5.50. The van der Waals surface area contributed by atoms with Crippen LogP contribution < -0.4 is 5.56 Å².